The van der Waals surface area contributed by atoms with Crippen LogP contribution in [-0.4, -0.2) is 43.8 Å². The lowest BCUT2D eigenvalue weighted by molar-refractivity contribution is 0.565. The van der Waals surface area contributed by atoms with Gasteiger partial charge in [0.1, 0.15) is 12.4 Å². The summed E-state index contributed by atoms with van der Waals surface area (Å²) >= 11 is 2.08. The number of aliphatic imine (C=N–C) groups is 1. The third kappa shape index (κ3) is 4.43. The maximum Gasteiger partial charge on any atom is 0.191 e. The predicted octanol–water partition coefficient (Wildman–Crippen LogP) is 2.39. The second-order valence-electron chi connectivity index (χ2n) is 7.27. The Kier molecular flexibility index (Phi) is 5.69. The molecule has 0 aromatic carbocycles. The summed E-state index contributed by atoms with van der Waals surface area (Å²) in [4.78, 5) is 4.79. The zero-order chi connectivity index (χ0) is 17.0. The Morgan fingerprint density at radius 3 is 2.75 bits per heavy atom. The average molecular weight is 351 g/mol. The first-order chi connectivity index (χ1) is 11.6. The molecule has 24 heavy (non-hydrogen) atoms. The minimum atomic E-state index is 0.333. The maximum absolute atomic E-state index is 4.79. The quantitative estimate of drug-likeness (QED) is 0.630. The van der Waals surface area contributed by atoms with Crippen molar-refractivity contribution in [1.82, 2.24) is 25.4 Å². The van der Waals surface area contributed by atoms with E-state index in [4.69, 9.17) is 4.99 Å². The van der Waals surface area contributed by atoms with E-state index in [1.54, 1.807) is 0 Å². The molecule has 7 heteroatoms. The van der Waals surface area contributed by atoms with Crippen LogP contribution in [0.2, 0.25) is 0 Å². The molecule has 1 aliphatic carbocycles. The van der Waals surface area contributed by atoms with Gasteiger partial charge < -0.3 is 15.2 Å². The van der Waals surface area contributed by atoms with Gasteiger partial charge in [0, 0.05) is 24.4 Å². The molecule has 1 atom stereocenters. The topological polar surface area (TPSA) is 67.1 Å². The van der Waals surface area contributed by atoms with Crippen LogP contribution >= 0.6 is 11.8 Å². The molecule has 0 spiro atoms. The number of hydrogen-bond donors (Lipinski definition) is 2. The van der Waals surface area contributed by atoms with Crippen molar-refractivity contribution in [3.63, 3.8) is 0 Å². The fourth-order valence-corrected chi connectivity index (χ4v) is 4.65. The van der Waals surface area contributed by atoms with E-state index in [9.17, 15) is 0 Å². The highest BCUT2D eigenvalue weighted by atomic mass is 32.2. The van der Waals surface area contributed by atoms with Crippen LogP contribution in [0.5, 0.6) is 0 Å². The summed E-state index contributed by atoms with van der Waals surface area (Å²) in [6, 6.07) is 0.557. The summed E-state index contributed by atoms with van der Waals surface area (Å²) in [5.41, 5.74) is 0. The van der Waals surface area contributed by atoms with Gasteiger partial charge in [0.25, 0.3) is 0 Å². The summed E-state index contributed by atoms with van der Waals surface area (Å²) in [6.45, 7) is 5.85. The number of aryl methyl sites for hydroxylation is 1. The number of guanidine groups is 1. The van der Waals surface area contributed by atoms with Crippen molar-refractivity contribution in [1.29, 1.82) is 0 Å². The number of rotatable bonds is 5. The van der Waals surface area contributed by atoms with Crippen molar-refractivity contribution in [2.75, 3.05) is 12.3 Å². The van der Waals surface area contributed by atoms with Gasteiger partial charge in [-0.05, 0) is 45.3 Å². The van der Waals surface area contributed by atoms with Gasteiger partial charge in [-0.1, -0.05) is 12.8 Å². The summed E-state index contributed by atoms with van der Waals surface area (Å²) in [5.74, 6) is 4.03. The molecule has 3 rings (SSSR count). The minimum absolute atomic E-state index is 0.333. The molecule has 0 bridgehead atoms. The van der Waals surface area contributed by atoms with Crippen molar-refractivity contribution in [2.24, 2.45) is 12.0 Å². The van der Waals surface area contributed by atoms with E-state index in [-0.39, 0.29) is 0 Å². The van der Waals surface area contributed by atoms with E-state index < -0.39 is 0 Å². The van der Waals surface area contributed by atoms with Gasteiger partial charge in [0.15, 0.2) is 11.8 Å². The molecule has 2 aliphatic rings. The van der Waals surface area contributed by atoms with E-state index in [0.29, 0.717) is 17.3 Å². The van der Waals surface area contributed by atoms with E-state index in [2.05, 4.69) is 39.5 Å². The van der Waals surface area contributed by atoms with Gasteiger partial charge in [-0.15, -0.1) is 10.2 Å². The number of nitrogens with zero attached hydrogens (tertiary/aromatic N) is 4. The van der Waals surface area contributed by atoms with Crippen LogP contribution in [0.25, 0.3) is 0 Å². The van der Waals surface area contributed by atoms with Crippen molar-refractivity contribution in [3.8, 4) is 0 Å². The van der Waals surface area contributed by atoms with Crippen LogP contribution < -0.4 is 10.6 Å². The summed E-state index contributed by atoms with van der Waals surface area (Å²) < 4.78 is 2.34. The Balaban J connectivity index is 1.63. The molecule has 2 heterocycles. The minimum Gasteiger partial charge on any atom is -0.355 e. The highest BCUT2D eigenvalue weighted by Gasteiger charge is 2.29. The molecular formula is C17H30N6S. The second-order valence-corrected chi connectivity index (χ2v) is 8.95. The molecule has 1 saturated carbocycles. The van der Waals surface area contributed by atoms with Crippen LogP contribution in [0.15, 0.2) is 4.99 Å². The highest BCUT2D eigenvalue weighted by Crippen LogP contribution is 2.36. The molecular weight excluding hydrogens is 320 g/mol. The third-order valence-corrected chi connectivity index (χ3v) is 6.73. The maximum atomic E-state index is 4.79. The molecule has 2 fully saturated rings. The molecule has 0 amide bonds. The largest absolute Gasteiger partial charge is 0.355 e. The van der Waals surface area contributed by atoms with Crippen LogP contribution in [0.4, 0.5) is 0 Å². The lowest BCUT2D eigenvalue weighted by Gasteiger charge is -2.25. The van der Waals surface area contributed by atoms with E-state index >= 15 is 0 Å². The van der Waals surface area contributed by atoms with Crippen molar-refractivity contribution < 1.29 is 0 Å². The van der Waals surface area contributed by atoms with Gasteiger partial charge >= 0.3 is 0 Å². The molecule has 6 nitrogen and oxygen atoms in total. The first kappa shape index (κ1) is 17.6. The number of thioether (sulfide) groups is 1. The predicted molar refractivity (Wildman–Crippen MR) is 100 cm³/mol. The monoisotopic (exact) mass is 350 g/mol. The molecule has 1 aliphatic heterocycles. The van der Waals surface area contributed by atoms with E-state index in [0.717, 1.165) is 24.2 Å². The molecule has 1 aromatic rings. The summed E-state index contributed by atoms with van der Waals surface area (Å²) in [6.07, 6.45) is 7.74. The Bertz CT molecular complexity index is 570. The average Bonchev–Trinajstić information content (AvgIpc) is 3.29. The summed E-state index contributed by atoms with van der Waals surface area (Å²) in [7, 11) is 1.99. The van der Waals surface area contributed by atoms with Gasteiger partial charge in [0.05, 0.1) is 0 Å². The third-order valence-electron chi connectivity index (χ3n) is 5.19. The fourth-order valence-electron chi connectivity index (χ4n) is 3.40. The van der Waals surface area contributed by atoms with Crippen LogP contribution in [0, 0.1) is 6.92 Å². The normalized spacial score (nSPS) is 25.4. The number of nitrogens with one attached hydrogen (secondary N) is 2. The van der Waals surface area contributed by atoms with Gasteiger partial charge in [-0.3, -0.25) is 0 Å². The van der Waals surface area contributed by atoms with Gasteiger partial charge in [-0.25, -0.2) is 4.99 Å². The lowest BCUT2D eigenvalue weighted by atomic mass is 10.1. The Hall–Kier alpha value is -1.24. The van der Waals surface area contributed by atoms with Crippen molar-refractivity contribution in [3.05, 3.63) is 11.6 Å². The smallest absolute Gasteiger partial charge is 0.191 e. The highest BCUT2D eigenvalue weighted by molar-refractivity contribution is 8.00. The van der Waals surface area contributed by atoms with E-state index in [1.807, 2.05) is 18.5 Å². The molecule has 1 aromatic heterocycles. The first-order valence-corrected chi connectivity index (χ1v) is 10.1. The van der Waals surface area contributed by atoms with Crippen molar-refractivity contribution >= 4 is 17.7 Å². The fraction of sp³-hybridized carbons (Fsp3) is 0.824. The lowest BCUT2D eigenvalue weighted by Crippen LogP contribution is -2.46. The summed E-state index contributed by atoms with van der Waals surface area (Å²) in [5, 5.41) is 15.5. The molecule has 134 valence electrons. The molecule has 0 radical (unpaired) electrons. The Morgan fingerprint density at radius 1 is 1.33 bits per heavy atom. The van der Waals surface area contributed by atoms with E-state index in [1.165, 1.54) is 44.3 Å². The first-order valence-electron chi connectivity index (χ1n) is 9.09. The SMILES string of the molecule is Cc1nnc(CN=C(NCC2(C)CCCS2)NC2CCCC2)n1C. The zero-order valence-corrected chi connectivity index (χ0v) is 16.0. The van der Waals surface area contributed by atoms with Gasteiger partial charge in [-0.2, -0.15) is 11.8 Å². The standard InChI is InChI=1S/C17H30N6S/c1-13-21-22-15(23(13)3)11-18-16(20-14-7-4-5-8-14)19-12-17(2)9-6-10-24-17/h14H,4-12H2,1-3H3,(H2,18,19,20). The number of hydrogen-bond acceptors (Lipinski definition) is 4. The van der Waals surface area contributed by atoms with Gasteiger partial charge in [0.2, 0.25) is 0 Å². The molecule has 1 unspecified atom stereocenters. The second kappa shape index (κ2) is 7.76. The number of aromatic nitrogens is 3. The zero-order valence-electron chi connectivity index (χ0n) is 15.1. The van der Waals surface area contributed by atoms with Crippen LogP contribution in [0.1, 0.15) is 57.1 Å². The molecule has 1 saturated heterocycles. The Labute approximate surface area is 149 Å². The Morgan fingerprint density at radius 2 is 2.12 bits per heavy atom. The van der Waals surface area contributed by atoms with Crippen molar-refractivity contribution in [2.45, 2.75) is 69.7 Å². The van der Waals surface area contributed by atoms with Crippen LogP contribution in [0.3, 0.4) is 0 Å². The molecule has 2 N–H and O–H groups in total. The van der Waals surface area contributed by atoms with Crippen LogP contribution in [-0.2, 0) is 13.6 Å².